The fourth-order valence-corrected chi connectivity index (χ4v) is 2.62. The van der Waals surface area contributed by atoms with Crippen molar-refractivity contribution in [3.63, 3.8) is 0 Å². The minimum Gasteiger partial charge on any atom is -0.384 e. The summed E-state index contributed by atoms with van der Waals surface area (Å²) in [6, 6.07) is 6.42. The Morgan fingerprint density at radius 1 is 1.12 bits per heavy atom. The second-order valence-corrected chi connectivity index (χ2v) is 4.51. The van der Waals surface area contributed by atoms with Gasteiger partial charge in [0.25, 0.3) is 0 Å². The maximum absolute atomic E-state index is 11.2. The van der Waals surface area contributed by atoms with Crippen LogP contribution in [0.2, 0.25) is 0 Å². The third-order valence-electron chi connectivity index (χ3n) is 3.50. The maximum atomic E-state index is 11.2. The van der Waals surface area contributed by atoms with E-state index in [9.17, 15) is 4.79 Å². The molecule has 84 valence electrons. The Kier molecular flexibility index (Phi) is 2.31. The van der Waals surface area contributed by atoms with E-state index < -0.39 is 0 Å². The molecule has 0 radical (unpaired) electrons. The fourth-order valence-electron chi connectivity index (χ4n) is 2.62. The zero-order valence-electron chi connectivity index (χ0n) is 9.33. The quantitative estimate of drug-likeness (QED) is 0.777. The van der Waals surface area contributed by atoms with Gasteiger partial charge in [0, 0.05) is 49.4 Å². The van der Waals surface area contributed by atoms with Crippen LogP contribution in [0.15, 0.2) is 18.2 Å². The Balaban J connectivity index is 1.89. The monoisotopic (exact) mass is 216 g/mol. The molecule has 0 unspecified atom stereocenters. The Hall–Kier alpha value is -1.51. The van der Waals surface area contributed by atoms with Crippen LogP contribution >= 0.6 is 0 Å². The number of piperidine rings is 1. The minimum atomic E-state index is 0.405. The Labute approximate surface area is 95.4 Å². The highest BCUT2D eigenvalue weighted by molar-refractivity contribution is 5.81. The molecule has 2 aliphatic rings. The lowest BCUT2D eigenvalue weighted by Crippen LogP contribution is -2.34. The number of carbonyl (C=O) groups excluding carboxylic acids is 1. The van der Waals surface area contributed by atoms with Crippen molar-refractivity contribution < 1.29 is 4.79 Å². The maximum Gasteiger partial charge on any atom is 0.136 e. The molecule has 2 heterocycles. The van der Waals surface area contributed by atoms with Crippen LogP contribution in [0.5, 0.6) is 0 Å². The fraction of sp³-hybridized carbons (Fsp3) is 0.462. The van der Waals surface area contributed by atoms with E-state index in [1.807, 2.05) is 0 Å². The Morgan fingerprint density at radius 3 is 2.75 bits per heavy atom. The van der Waals surface area contributed by atoms with Crippen molar-refractivity contribution in [3.05, 3.63) is 23.8 Å². The van der Waals surface area contributed by atoms with Crippen LogP contribution in [0.3, 0.4) is 0 Å². The summed E-state index contributed by atoms with van der Waals surface area (Å²) in [5.41, 5.74) is 4.03. The van der Waals surface area contributed by atoms with E-state index >= 15 is 0 Å². The highest BCUT2D eigenvalue weighted by atomic mass is 16.1. The SMILES string of the molecule is O=C1CCN(c2cccc3c2CCN3)CC1. The summed E-state index contributed by atoms with van der Waals surface area (Å²) >= 11 is 0. The summed E-state index contributed by atoms with van der Waals surface area (Å²) in [4.78, 5) is 13.6. The summed E-state index contributed by atoms with van der Waals surface area (Å²) in [5, 5.41) is 3.39. The number of hydrogen-bond acceptors (Lipinski definition) is 3. The number of ketones is 1. The molecule has 0 spiro atoms. The predicted molar refractivity (Wildman–Crippen MR) is 65.1 cm³/mol. The molecule has 1 N–H and O–H groups in total. The van der Waals surface area contributed by atoms with Gasteiger partial charge in [-0.05, 0) is 18.6 Å². The van der Waals surface area contributed by atoms with Gasteiger partial charge in [0.05, 0.1) is 0 Å². The second kappa shape index (κ2) is 3.81. The third-order valence-corrected chi connectivity index (χ3v) is 3.50. The van der Waals surface area contributed by atoms with Crippen molar-refractivity contribution in [2.45, 2.75) is 19.3 Å². The van der Waals surface area contributed by atoms with Gasteiger partial charge in [0.15, 0.2) is 0 Å². The molecule has 0 aliphatic carbocycles. The second-order valence-electron chi connectivity index (χ2n) is 4.51. The van der Waals surface area contributed by atoms with Crippen LogP contribution in [-0.4, -0.2) is 25.4 Å². The first-order valence-electron chi connectivity index (χ1n) is 5.97. The van der Waals surface area contributed by atoms with E-state index in [1.165, 1.54) is 16.9 Å². The molecule has 3 heteroatoms. The molecule has 16 heavy (non-hydrogen) atoms. The van der Waals surface area contributed by atoms with Gasteiger partial charge < -0.3 is 10.2 Å². The number of fused-ring (bicyclic) bond motifs is 1. The number of rotatable bonds is 1. The molecule has 1 fully saturated rings. The van der Waals surface area contributed by atoms with Gasteiger partial charge in [-0.3, -0.25) is 4.79 Å². The summed E-state index contributed by atoms with van der Waals surface area (Å²) in [7, 11) is 0. The van der Waals surface area contributed by atoms with Crippen LogP contribution in [0.25, 0.3) is 0 Å². The molecule has 2 aliphatic heterocycles. The van der Waals surface area contributed by atoms with E-state index in [0.29, 0.717) is 18.6 Å². The topological polar surface area (TPSA) is 32.3 Å². The highest BCUT2D eigenvalue weighted by Crippen LogP contribution is 2.32. The van der Waals surface area contributed by atoms with Crippen LogP contribution in [0, 0.1) is 0 Å². The standard InChI is InChI=1S/C13H16N2O/c16-10-5-8-15(9-6-10)13-3-1-2-12-11(13)4-7-14-12/h1-3,14H,4-9H2. The van der Waals surface area contributed by atoms with Crippen molar-refractivity contribution in [2.24, 2.45) is 0 Å². The van der Waals surface area contributed by atoms with Crippen molar-refractivity contribution >= 4 is 17.2 Å². The normalized spacial score (nSPS) is 19.5. The van der Waals surface area contributed by atoms with E-state index in [4.69, 9.17) is 0 Å². The number of Topliss-reactive ketones (excluding diaryl/α,β-unsaturated/α-hetero) is 1. The van der Waals surface area contributed by atoms with Gasteiger partial charge in [-0.2, -0.15) is 0 Å². The largest absolute Gasteiger partial charge is 0.384 e. The molecule has 3 nitrogen and oxygen atoms in total. The molecule has 0 atom stereocenters. The molecular weight excluding hydrogens is 200 g/mol. The number of nitrogens with one attached hydrogen (secondary N) is 1. The van der Waals surface area contributed by atoms with Gasteiger partial charge in [-0.15, -0.1) is 0 Å². The first-order valence-corrected chi connectivity index (χ1v) is 5.97. The first-order chi connectivity index (χ1) is 7.84. The molecular formula is C13H16N2O. The van der Waals surface area contributed by atoms with Crippen LogP contribution in [0.1, 0.15) is 18.4 Å². The molecule has 0 amide bonds. The van der Waals surface area contributed by atoms with Crippen LogP contribution in [-0.2, 0) is 11.2 Å². The number of hydrogen-bond donors (Lipinski definition) is 1. The van der Waals surface area contributed by atoms with Crippen molar-refractivity contribution in [1.82, 2.24) is 0 Å². The van der Waals surface area contributed by atoms with E-state index in [2.05, 4.69) is 28.4 Å². The number of benzene rings is 1. The molecule has 3 rings (SSSR count). The lowest BCUT2D eigenvalue weighted by Gasteiger charge is -2.29. The highest BCUT2D eigenvalue weighted by Gasteiger charge is 2.21. The number of carbonyl (C=O) groups is 1. The van der Waals surface area contributed by atoms with Crippen molar-refractivity contribution in [2.75, 3.05) is 29.9 Å². The van der Waals surface area contributed by atoms with Crippen molar-refractivity contribution in [1.29, 1.82) is 0 Å². The Bertz CT molecular complexity index is 418. The van der Waals surface area contributed by atoms with Crippen molar-refractivity contribution in [3.8, 4) is 0 Å². The van der Waals surface area contributed by atoms with E-state index in [0.717, 1.165) is 26.1 Å². The summed E-state index contributed by atoms with van der Waals surface area (Å²) in [6.45, 7) is 2.81. The molecule has 0 saturated carbocycles. The molecule has 1 aromatic carbocycles. The summed E-state index contributed by atoms with van der Waals surface area (Å²) < 4.78 is 0. The number of nitrogens with zero attached hydrogens (tertiary/aromatic N) is 1. The Morgan fingerprint density at radius 2 is 1.94 bits per heavy atom. The average Bonchev–Trinajstić information content (AvgIpc) is 2.78. The van der Waals surface area contributed by atoms with E-state index in [-0.39, 0.29) is 0 Å². The lowest BCUT2D eigenvalue weighted by atomic mass is 10.0. The zero-order valence-corrected chi connectivity index (χ0v) is 9.33. The van der Waals surface area contributed by atoms with Crippen LogP contribution in [0.4, 0.5) is 11.4 Å². The van der Waals surface area contributed by atoms with Gasteiger partial charge in [-0.25, -0.2) is 0 Å². The van der Waals surface area contributed by atoms with Gasteiger partial charge >= 0.3 is 0 Å². The van der Waals surface area contributed by atoms with Crippen LogP contribution < -0.4 is 10.2 Å². The molecule has 1 aromatic rings. The summed E-state index contributed by atoms with van der Waals surface area (Å²) in [5.74, 6) is 0.405. The summed E-state index contributed by atoms with van der Waals surface area (Å²) in [6.07, 6.45) is 2.52. The lowest BCUT2D eigenvalue weighted by molar-refractivity contribution is -0.119. The van der Waals surface area contributed by atoms with Gasteiger partial charge in [-0.1, -0.05) is 6.07 Å². The minimum absolute atomic E-state index is 0.405. The van der Waals surface area contributed by atoms with E-state index in [1.54, 1.807) is 0 Å². The average molecular weight is 216 g/mol. The van der Waals surface area contributed by atoms with Gasteiger partial charge in [0.2, 0.25) is 0 Å². The smallest absolute Gasteiger partial charge is 0.136 e. The predicted octanol–water partition coefficient (Wildman–Crippen LogP) is 1.82. The zero-order chi connectivity index (χ0) is 11.0. The number of anilines is 2. The third kappa shape index (κ3) is 1.56. The molecule has 1 saturated heterocycles. The van der Waals surface area contributed by atoms with Gasteiger partial charge in [0.1, 0.15) is 5.78 Å². The molecule has 0 aromatic heterocycles. The first kappa shape index (κ1) is 9.70. The molecule has 0 bridgehead atoms.